The standard InChI is InChI=1S/C11H14F2NP/c1-2-9(14)7-8-5-3-4-6-10(8)11(12,13)15/h2-6,9H,1,7,14-15H2. The first-order valence-electron chi connectivity index (χ1n) is 4.58. The Labute approximate surface area is 90.6 Å². The molecule has 0 saturated carbocycles. The Morgan fingerprint density at radius 2 is 2.07 bits per heavy atom. The van der Waals surface area contributed by atoms with Crippen LogP contribution in [0.3, 0.4) is 0 Å². The summed E-state index contributed by atoms with van der Waals surface area (Å²) in [5, 5.41) is 0. The molecule has 2 unspecified atom stereocenters. The van der Waals surface area contributed by atoms with E-state index in [0.717, 1.165) is 0 Å². The van der Waals surface area contributed by atoms with E-state index in [1.807, 2.05) is 0 Å². The third-order valence-electron chi connectivity index (χ3n) is 2.13. The van der Waals surface area contributed by atoms with Crippen LogP contribution in [-0.2, 0) is 12.1 Å². The Bertz CT molecular complexity index is 347. The van der Waals surface area contributed by atoms with Crippen molar-refractivity contribution in [3.63, 3.8) is 0 Å². The highest BCUT2D eigenvalue weighted by Gasteiger charge is 2.27. The molecule has 82 valence electrons. The summed E-state index contributed by atoms with van der Waals surface area (Å²) >= 11 is 0. The van der Waals surface area contributed by atoms with Gasteiger partial charge in [0.05, 0.1) is 0 Å². The highest BCUT2D eigenvalue weighted by atomic mass is 31.0. The van der Waals surface area contributed by atoms with Crippen LogP contribution in [0.2, 0.25) is 0 Å². The minimum Gasteiger partial charge on any atom is -0.324 e. The van der Waals surface area contributed by atoms with Crippen molar-refractivity contribution in [3.8, 4) is 0 Å². The molecule has 0 spiro atoms. The van der Waals surface area contributed by atoms with Crippen LogP contribution in [0.15, 0.2) is 36.9 Å². The lowest BCUT2D eigenvalue weighted by Crippen LogP contribution is -2.21. The summed E-state index contributed by atoms with van der Waals surface area (Å²) < 4.78 is 26.3. The number of benzene rings is 1. The van der Waals surface area contributed by atoms with Crippen molar-refractivity contribution >= 4 is 9.24 Å². The summed E-state index contributed by atoms with van der Waals surface area (Å²) in [7, 11) is 1.54. The van der Waals surface area contributed by atoms with Crippen LogP contribution in [0.1, 0.15) is 11.1 Å². The molecule has 4 heteroatoms. The van der Waals surface area contributed by atoms with Gasteiger partial charge in [0.1, 0.15) is 0 Å². The first-order valence-corrected chi connectivity index (χ1v) is 5.16. The summed E-state index contributed by atoms with van der Waals surface area (Å²) in [5.41, 5.74) is 3.31. The van der Waals surface area contributed by atoms with E-state index in [0.29, 0.717) is 12.0 Å². The third-order valence-corrected chi connectivity index (χ3v) is 2.45. The van der Waals surface area contributed by atoms with E-state index >= 15 is 0 Å². The van der Waals surface area contributed by atoms with Gasteiger partial charge in [-0.2, -0.15) is 8.78 Å². The van der Waals surface area contributed by atoms with E-state index in [1.54, 1.807) is 33.5 Å². The zero-order chi connectivity index (χ0) is 11.5. The highest BCUT2D eigenvalue weighted by molar-refractivity contribution is 7.17. The van der Waals surface area contributed by atoms with Gasteiger partial charge in [-0.05, 0) is 12.0 Å². The van der Waals surface area contributed by atoms with Gasteiger partial charge in [0.2, 0.25) is 0 Å². The van der Waals surface area contributed by atoms with E-state index in [1.165, 1.54) is 6.07 Å². The molecule has 1 nitrogen and oxygen atoms in total. The van der Waals surface area contributed by atoms with Crippen molar-refractivity contribution in [1.29, 1.82) is 0 Å². The lowest BCUT2D eigenvalue weighted by atomic mass is 10.0. The van der Waals surface area contributed by atoms with Gasteiger partial charge in [-0.3, -0.25) is 0 Å². The average molecular weight is 229 g/mol. The molecule has 0 bridgehead atoms. The van der Waals surface area contributed by atoms with Crippen LogP contribution in [0.25, 0.3) is 0 Å². The molecule has 2 atom stereocenters. The number of halogens is 2. The summed E-state index contributed by atoms with van der Waals surface area (Å²) in [6.45, 7) is 3.53. The number of hydrogen-bond donors (Lipinski definition) is 1. The van der Waals surface area contributed by atoms with Gasteiger partial charge < -0.3 is 5.73 Å². The van der Waals surface area contributed by atoms with Crippen LogP contribution >= 0.6 is 9.24 Å². The van der Waals surface area contributed by atoms with Crippen molar-refractivity contribution in [3.05, 3.63) is 48.0 Å². The Balaban J connectivity index is 3.02. The predicted molar refractivity (Wildman–Crippen MR) is 61.9 cm³/mol. The van der Waals surface area contributed by atoms with Crippen molar-refractivity contribution in [2.45, 2.75) is 18.1 Å². The lowest BCUT2D eigenvalue weighted by molar-refractivity contribution is 0.103. The summed E-state index contributed by atoms with van der Waals surface area (Å²) in [6.07, 6.45) is 1.93. The van der Waals surface area contributed by atoms with E-state index in [9.17, 15) is 8.78 Å². The number of nitrogens with two attached hydrogens (primary N) is 1. The molecular formula is C11H14F2NP. The highest BCUT2D eigenvalue weighted by Crippen LogP contribution is 2.37. The molecule has 1 aromatic rings. The Morgan fingerprint density at radius 1 is 1.47 bits per heavy atom. The quantitative estimate of drug-likeness (QED) is 0.623. The minimum absolute atomic E-state index is 0.00676. The zero-order valence-corrected chi connectivity index (χ0v) is 9.44. The molecule has 0 aliphatic carbocycles. The second-order valence-corrected chi connectivity index (χ2v) is 4.11. The third kappa shape index (κ3) is 3.37. The maximum absolute atomic E-state index is 13.2. The van der Waals surface area contributed by atoms with Gasteiger partial charge in [-0.25, -0.2) is 0 Å². The first kappa shape index (κ1) is 12.3. The molecule has 15 heavy (non-hydrogen) atoms. The largest absolute Gasteiger partial charge is 0.324 e. The molecule has 1 rings (SSSR count). The summed E-state index contributed by atoms with van der Waals surface area (Å²) in [6, 6.07) is 6.11. The van der Waals surface area contributed by atoms with Gasteiger partial charge in [-0.15, -0.1) is 6.58 Å². The van der Waals surface area contributed by atoms with E-state index in [4.69, 9.17) is 5.73 Å². The molecule has 0 heterocycles. The number of hydrogen-bond acceptors (Lipinski definition) is 1. The van der Waals surface area contributed by atoms with Crippen LogP contribution in [0.5, 0.6) is 0 Å². The summed E-state index contributed by atoms with van der Waals surface area (Å²) in [4.78, 5) is 0. The van der Waals surface area contributed by atoms with Gasteiger partial charge >= 0.3 is 0 Å². The summed E-state index contributed by atoms with van der Waals surface area (Å²) in [5.74, 6) is 0. The second kappa shape index (κ2) is 4.82. The predicted octanol–water partition coefficient (Wildman–Crippen LogP) is 2.67. The molecule has 0 radical (unpaired) electrons. The zero-order valence-electron chi connectivity index (χ0n) is 8.29. The van der Waals surface area contributed by atoms with E-state index < -0.39 is 5.66 Å². The van der Waals surface area contributed by atoms with Gasteiger partial charge in [0.25, 0.3) is 5.66 Å². The Hall–Kier alpha value is -0.790. The first-order chi connectivity index (χ1) is 6.95. The molecule has 0 aromatic heterocycles. The SMILES string of the molecule is C=CC(N)Cc1ccccc1C(F)(F)P. The molecule has 2 N–H and O–H groups in total. The molecule has 0 aliphatic rings. The van der Waals surface area contributed by atoms with Crippen LogP contribution < -0.4 is 5.73 Å². The fourth-order valence-corrected chi connectivity index (χ4v) is 1.64. The van der Waals surface area contributed by atoms with Crippen molar-refractivity contribution in [2.75, 3.05) is 0 Å². The number of alkyl halides is 2. The van der Waals surface area contributed by atoms with Gasteiger partial charge in [-0.1, -0.05) is 39.6 Å². The van der Waals surface area contributed by atoms with Crippen molar-refractivity contribution in [2.24, 2.45) is 5.73 Å². The molecule has 0 aliphatic heterocycles. The van der Waals surface area contributed by atoms with Crippen LogP contribution in [-0.4, -0.2) is 6.04 Å². The van der Waals surface area contributed by atoms with Crippen molar-refractivity contribution < 1.29 is 8.78 Å². The van der Waals surface area contributed by atoms with Gasteiger partial charge in [0.15, 0.2) is 0 Å². The molecular weight excluding hydrogens is 215 g/mol. The van der Waals surface area contributed by atoms with E-state index in [-0.39, 0.29) is 11.6 Å². The van der Waals surface area contributed by atoms with Crippen LogP contribution in [0.4, 0.5) is 8.78 Å². The minimum atomic E-state index is -2.91. The molecule has 0 saturated heterocycles. The smallest absolute Gasteiger partial charge is 0.284 e. The average Bonchev–Trinajstić information content (AvgIpc) is 2.17. The van der Waals surface area contributed by atoms with Gasteiger partial charge in [0, 0.05) is 11.6 Å². The number of rotatable bonds is 4. The Morgan fingerprint density at radius 3 is 2.60 bits per heavy atom. The van der Waals surface area contributed by atoms with Crippen molar-refractivity contribution in [1.82, 2.24) is 0 Å². The maximum Gasteiger partial charge on any atom is 0.284 e. The maximum atomic E-state index is 13.2. The molecule has 1 aromatic carbocycles. The topological polar surface area (TPSA) is 26.0 Å². The molecule has 0 amide bonds. The fraction of sp³-hybridized carbons (Fsp3) is 0.273. The Kier molecular flexibility index (Phi) is 3.95. The normalized spacial score (nSPS) is 13.6. The second-order valence-electron chi connectivity index (χ2n) is 3.38. The van der Waals surface area contributed by atoms with Crippen LogP contribution in [0, 0.1) is 0 Å². The fourth-order valence-electron chi connectivity index (χ4n) is 1.36. The lowest BCUT2D eigenvalue weighted by Gasteiger charge is -2.16. The molecule has 0 fully saturated rings. The van der Waals surface area contributed by atoms with E-state index in [2.05, 4.69) is 6.58 Å². The monoisotopic (exact) mass is 229 g/mol.